The minimum Gasteiger partial charge on any atom is -0.372 e. The number of ether oxygens (including phenoxy) is 1. The molecule has 1 amide bonds. The fourth-order valence-electron chi connectivity index (χ4n) is 4.26. The van der Waals surface area contributed by atoms with Gasteiger partial charge in [-0.05, 0) is 76.1 Å². The molecule has 4 rings (SSSR count). The van der Waals surface area contributed by atoms with Gasteiger partial charge in [-0.15, -0.1) is 0 Å². The second kappa shape index (κ2) is 9.57. The topological polar surface area (TPSA) is 67.3 Å². The fourth-order valence-corrected chi connectivity index (χ4v) is 5.35. The average molecular weight is 469 g/mol. The zero-order chi connectivity index (χ0) is 23.7. The molecule has 2 atom stereocenters. The summed E-state index contributed by atoms with van der Waals surface area (Å²) < 4.78 is 19.3. The number of carbonyl (C=O) groups is 1. The molecule has 1 aliphatic heterocycles. The lowest BCUT2D eigenvalue weighted by Gasteiger charge is -2.35. The Labute approximate surface area is 197 Å². The van der Waals surface area contributed by atoms with E-state index in [1.54, 1.807) is 18.3 Å². The number of halogens is 1. The lowest BCUT2D eigenvalue weighted by molar-refractivity contribution is -0.00523. The summed E-state index contributed by atoms with van der Waals surface area (Å²) in [6.45, 7) is 11.6. The van der Waals surface area contributed by atoms with E-state index in [1.165, 1.54) is 18.2 Å². The SMILES string of the molecule is Cc1cc(-c2sc(N3C[C@@H](C)O[C@@H](C)C3)nc2CNC(=O)c2ccc(F)cc2C)cc(C)n1. The lowest BCUT2D eigenvalue weighted by atomic mass is 10.1. The minimum absolute atomic E-state index is 0.121. The van der Waals surface area contributed by atoms with Crippen LogP contribution in [0, 0.1) is 26.6 Å². The van der Waals surface area contributed by atoms with Crippen LogP contribution in [-0.4, -0.2) is 41.2 Å². The van der Waals surface area contributed by atoms with E-state index in [2.05, 4.69) is 29.0 Å². The van der Waals surface area contributed by atoms with Crippen molar-refractivity contribution in [1.82, 2.24) is 15.3 Å². The summed E-state index contributed by atoms with van der Waals surface area (Å²) in [5.74, 6) is -0.600. The molecule has 0 radical (unpaired) electrons. The number of hydrogen-bond acceptors (Lipinski definition) is 6. The average Bonchev–Trinajstić information content (AvgIpc) is 3.15. The Morgan fingerprint density at radius 1 is 1.12 bits per heavy atom. The maximum absolute atomic E-state index is 13.4. The molecule has 174 valence electrons. The fraction of sp³-hybridized carbons (Fsp3) is 0.400. The molecule has 3 aromatic rings. The van der Waals surface area contributed by atoms with Gasteiger partial charge < -0.3 is 15.0 Å². The third-order valence-electron chi connectivity index (χ3n) is 5.57. The Morgan fingerprint density at radius 2 is 1.79 bits per heavy atom. The van der Waals surface area contributed by atoms with Gasteiger partial charge in [0.2, 0.25) is 0 Å². The second-order valence-electron chi connectivity index (χ2n) is 8.72. The Balaban J connectivity index is 1.65. The Bertz CT molecular complexity index is 1150. The first-order valence-corrected chi connectivity index (χ1v) is 11.9. The standard InChI is InChI=1S/C25H29FN4O2S/c1-14-8-20(26)6-7-21(14)24(31)27-11-22-23(19-9-15(2)28-16(3)10-19)33-25(29-22)30-12-17(4)32-18(5)13-30/h6-10,17-18H,11-13H2,1-5H3,(H,27,31)/t17-,18+. The number of morpholine rings is 1. The number of hydrogen-bond donors (Lipinski definition) is 1. The molecule has 6 nitrogen and oxygen atoms in total. The summed E-state index contributed by atoms with van der Waals surface area (Å²) in [7, 11) is 0. The summed E-state index contributed by atoms with van der Waals surface area (Å²) in [5, 5.41) is 3.89. The van der Waals surface area contributed by atoms with Gasteiger partial charge in [-0.2, -0.15) is 0 Å². The number of thiazole rings is 1. The van der Waals surface area contributed by atoms with Crippen LogP contribution in [0.15, 0.2) is 30.3 Å². The molecule has 0 saturated carbocycles. The first kappa shape index (κ1) is 23.3. The van der Waals surface area contributed by atoms with Gasteiger partial charge in [0.05, 0.1) is 29.3 Å². The number of pyridine rings is 1. The van der Waals surface area contributed by atoms with Crippen LogP contribution in [0.5, 0.6) is 0 Å². The summed E-state index contributed by atoms with van der Waals surface area (Å²) in [6.07, 6.45) is 0.243. The molecule has 33 heavy (non-hydrogen) atoms. The van der Waals surface area contributed by atoms with Crippen LogP contribution in [0.3, 0.4) is 0 Å². The normalized spacial score (nSPS) is 18.4. The van der Waals surface area contributed by atoms with Gasteiger partial charge in [0, 0.05) is 30.0 Å². The highest BCUT2D eigenvalue weighted by Crippen LogP contribution is 2.36. The molecule has 0 unspecified atom stereocenters. The van der Waals surface area contributed by atoms with Crippen molar-refractivity contribution in [3.8, 4) is 10.4 Å². The Hall–Kier alpha value is -2.84. The number of nitrogens with zero attached hydrogens (tertiary/aromatic N) is 3. The molecule has 0 bridgehead atoms. The van der Waals surface area contributed by atoms with Crippen LogP contribution < -0.4 is 10.2 Å². The van der Waals surface area contributed by atoms with Crippen molar-refractivity contribution in [2.24, 2.45) is 0 Å². The number of aryl methyl sites for hydroxylation is 3. The van der Waals surface area contributed by atoms with Gasteiger partial charge in [0.1, 0.15) is 5.82 Å². The first-order chi connectivity index (χ1) is 15.7. The van der Waals surface area contributed by atoms with Crippen LogP contribution in [0.4, 0.5) is 9.52 Å². The van der Waals surface area contributed by atoms with Gasteiger partial charge in [-0.25, -0.2) is 9.37 Å². The van der Waals surface area contributed by atoms with Crippen LogP contribution >= 0.6 is 11.3 Å². The van der Waals surface area contributed by atoms with Gasteiger partial charge in [0.25, 0.3) is 5.91 Å². The predicted molar refractivity (Wildman–Crippen MR) is 129 cm³/mol. The van der Waals surface area contributed by atoms with E-state index in [1.807, 2.05) is 26.0 Å². The van der Waals surface area contributed by atoms with Crippen molar-refractivity contribution >= 4 is 22.4 Å². The van der Waals surface area contributed by atoms with Crippen molar-refractivity contribution in [3.63, 3.8) is 0 Å². The number of anilines is 1. The van der Waals surface area contributed by atoms with E-state index < -0.39 is 0 Å². The summed E-state index contributed by atoms with van der Waals surface area (Å²) >= 11 is 1.62. The summed E-state index contributed by atoms with van der Waals surface area (Å²) in [6, 6.07) is 8.27. The molecule has 0 spiro atoms. The quantitative estimate of drug-likeness (QED) is 0.582. The molecule has 8 heteroatoms. The van der Waals surface area contributed by atoms with Crippen LogP contribution in [0.25, 0.3) is 10.4 Å². The van der Waals surface area contributed by atoms with E-state index in [-0.39, 0.29) is 30.5 Å². The Kier molecular flexibility index (Phi) is 6.76. The first-order valence-electron chi connectivity index (χ1n) is 11.1. The van der Waals surface area contributed by atoms with Crippen molar-refractivity contribution in [2.75, 3.05) is 18.0 Å². The van der Waals surface area contributed by atoms with E-state index in [9.17, 15) is 9.18 Å². The lowest BCUT2D eigenvalue weighted by Crippen LogP contribution is -2.45. The highest BCUT2D eigenvalue weighted by atomic mass is 32.1. The maximum Gasteiger partial charge on any atom is 0.251 e. The molecular weight excluding hydrogens is 439 g/mol. The molecule has 1 aliphatic rings. The van der Waals surface area contributed by atoms with E-state index in [0.29, 0.717) is 11.1 Å². The molecule has 2 aromatic heterocycles. The molecule has 3 heterocycles. The van der Waals surface area contributed by atoms with Crippen molar-refractivity contribution in [2.45, 2.75) is 53.4 Å². The molecule has 1 aromatic carbocycles. The third-order valence-corrected chi connectivity index (χ3v) is 6.78. The number of benzene rings is 1. The largest absolute Gasteiger partial charge is 0.372 e. The monoisotopic (exact) mass is 468 g/mol. The molecule has 1 N–H and O–H groups in total. The van der Waals surface area contributed by atoms with E-state index in [4.69, 9.17) is 9.72 Å². The third kappa shape index (κ3) is 5.39. The zero-order valence-corrected chi connectivity index (χ0v) is 20.4. The van der Waals surface area contributed by atoms with Gasteiger partial charge >= 0.3 is 0 Å². The van der Waals surface area contributed by atoms with Crippen molar-refractivity contribution in [1.29, 1.82) is 0 Å². The van der Waals surface area contributed by atoms with Crippen LogP contribution in [0.2, 0.25) is 0 Å². The van der Waals surface area contributed by atoms with Crippen molar-refractivity contribution in [3.05, 3.63) is 64.4 Å². The molecular formula is C25H29FN4O2S. The molecule has 1 saturated heterocycles. The van der Waals surface area contributed by atoms with E-state index in [0.717, 1.165) is 45.7 Å². The van der Waals surface area contributed by atoms with Gasteiger partial charge in [-0.3, -0.25) is 9.78 Å². The maximum atomic E-state index is 13.4. The smallest absolute Gasteiger partial charge is 0.251 e. The molecule has 1 fully saturated rings. The second-order valence-corrected chi connectivity index (χ2v) is 9.69. The predicted octanol–water partition coefficient (Wildman–Crippen LogP) is 4.81. The molecule has 0 aliphatic carbocycles. The van der Waals surface area contributed by atoms with Crippen molar-refractivity contribution < 1.29 is 13.9 Å². The number of rotatable bonds is 5. The zero-order valence-electron chi connectivity index (χ0n) is 19.6. The van der Waals surface area contributed by atoms with E-state index >= 15 is 0 Å². The number of nitrogens with one attached hydrogen (secondary N) is 1. The van der Waals surface area contributed by atoms with Gasteiger partial charge in [-0.1, -0.05) is 11.3 Å². The number of amides is 1. The highest BCUT2D eigenvalue weighted by Gasteiger charge is 2.26. The highest BCUT2D eigenvalue weighted by molar-refractivity contribution is 7.19. The number of aromatic nitrogens is 2. The van der Waals surface area contributed by atoms with Crippen LogP contribution in [-0.2, 0) is 11.3 Å². The summed E-state index contributed by atoms with van der Waals surface area (Å²) in [4.78, 5) is 25.5. The van der Waals surface area contributed by atoms with Crippen LogP contribution in [0.1, 0.15) is 46.9 Å². The summed E-state index contributed by atoms with van der Waals surface area (Å²) in [5.41, 5.74) is 4.78. The van der Waals surface area contributed by atoms with Gasteiger partial charge in [0.15, 0.2) is 5.13 Å². The Morgan fingerprint density at radius 3 is 2.42 bits per heavy atom. The number of carbonyl (C=O) groups excluding carboxylic acids is 1. The minimum atomic E-state index is -0.354.